The Morgan fingerprint density at radius 1 is 1.02 bits per heavy atom. The van der Waals surface area contributed by atoms with E-state index in [1.54, 1.807) is 12.1 Å². The van der Waals surface area contributed by atoms with Gasteiger partial charge in [0.05, 0.1) is 17.8 Å². The van der Waals surface area contributed by atoms with Gasteiger partial charge in [-0.05, 0) is 31.3 Å². The smallest absolute Gasteiger partial charge is 0.230 e. The topological polar surface area (TPSA) is 182 Å². The molecule has 11 heteroatoms. The Morgan fingerprint density at radius 3 is 2.33 bits per heavy atom. The summed E-state index contributed by atoms with van der Waals surface area (Å²) in [6.07, 6.45) is -3.28. The number of benzene rings is 2. The number of hydrogen-bond donors (Lipinski definition) is 6. The van der Waals surface area contributed by atoms with Gasteiger partial charge in [0.15, 0.2) is 17.2 Å². The Bertz CT molecular complexity index is 1400. The fourth-order valence-corrected chi connectivity index (χ4v) is 8.02. The Balaban J connectivity index is 1.68. The van der Waals surface area contributed by atoms with Crippen LogP contribution >= 0.6 is 11.8 Å². The molecule has 212 valence electrons. The summed E-state index contributed by atoms with van der Waals surface area (Å²) < 4.78 is 0. The lowest BCUT2D eigenvalue weighted by atomic mass is 9.53. The van der Waals surface area contributed by atoms with Crippen LogP contribution < -0.4 is 5.73 Å². The van der Waals surface area contributed by atoms with Crippen molar-refractivity contribution >= 4 is 29.2 Å². The van der Waals surface area contributed by atoms with E-state index in [-0.39, 0.29) is 11.3 Å². The number of hydrogen-bond acceptors (Lipinski definition) is 10. The molecule has 0 aromatic heterocycles. The van der Waals surface area contributed by atoms with Gasteiger partial charge in [-0.1, -0.05) is 42.5 Å². The van der Waals surface area contributed by atoms with Crippen molar-refractivity contribution in [2.24, 2.45) is 23.5 Å². The molecule has 0 saturated heterocycles. The summed E-state index contributed by atoms with van der Waals surface area (Å²) in [4.78, 5) is 41.1. The summed E-state index contributed by atoms with van der Waals surface area (Å²) in [5.74, 6) is -8.77. The number of carbonyl (C=O) groups is 3. The molecule has 10 nitrogen and oxygen atoms in total. The van der Waals surface area contributed by atoms with Gasteiger partial charge >= 0.3 is 0 Å². The number of ketones is 2. The van der Waals surface area contributed by atoms with Crippen LogP contribution in [0, 0.1) is 17.8 Å². The summed E-state index contributed by atoms with van der Waals surface area (Å²) in [5, 5.41) is 57.1. The van der Waals surface area contributed by atoms with Crippen LogP contribution in [0.1, 0.15) is 27.4 Å². The van der Waals surface area contributed by atoms with Crippen molar-refractivity contribution in [1.82, 2.24) is 4.90 Å². The maximum Gasteiger partial charge on any atom is 0.230 e. The highest BCUT2D eigenvalue weighted by molar-refractivity contribution is 7.98. The standard InChI is InChI=1S/C29H32N2O8S/c1-31(2)22-21-24(34)18-15(12-40-11-13-7-4-3-5-8-13)14-9-6-10-16(32)17(14)23(33)19(18)26(36)29(21,39)27(37)20(25(22)35)28(30)38/h3-10,15,18,20-22,24-25,32,34-36,39H,11-12H2,1-2H3,(H2,30,38)/t15-,18+,20?,21+,22-,24-,25?,29-/m0/s1. The molecule has 1 fully saturated rings. The quantitative estimate of drug-likeness (QED) is 0.272. The molecule has 0 heterocycles. The maximum atomic E-state index is 13.8. The minimum Gasteiger partial charge on any atom is -0.508 e. The van der Waals surface area contributed by atoms with E-state index in [9.17, 15) is 39.9 Å². The first-order valence-electron chi connectivity index (χ1n) is 12.9. The first-order valence-corrected chi connectivity index (χ1v) is 14.1. The summed E-state index contributed by atoms with van der Waals surface area (Å²) in [5.41, 5.74) is 3.60. The van der Waals surface area contributed by atoms with E-state index in [1.807, 2.05) is 30.3 Å². The number of rotatable bonds is 6. The number of amides is 1. The fraction of sp³-hybridized carbons (Fsp3) is 0.414. The zero-order valence-corrected chi connectivity index (χ0v) is 22.8. The zero-order valence-electron chi connectivity index (χ0n) is 22.0. The highest BCUT2D eigenvalue weighted by Gasteiger charge is 2.69. The van der Waals surface area contributed by atoms with Crippen molar-refractivity contribution in [3.05, 3.63) is 76.6 Å². The number of carbonyl (C=O) groups excluding carboxylic acids is 3. The monoisotopic (exact) mass is 568 g/mol. The summed E-state index contributed by atoms with van der Waals surface area (Å²) >= 11 is 1.52. The van der Waals surface area contributed by atoms with Gasteiger partial charge in [0, 0.05) is 40.9 Å². The van der Waals surface area contributed by atoms with E-state index in [0.717, 1.165) is 5.56 Å². The first-order chi connectivity index (χ1) is 18.9. The summed E-state index contributed by atoms with van der Waals surface area (Å²) in [6.45, 7) is 0. The molecule has 2 aromatic rings. The number of aromatic hydroxyl groups is 1. The maximum absolute atomic E-state index is 13.8. The number of primary amides is 1. The highest BCUT2D eigenvalue weighted by Crippen LogP contribution is 2.56. The number of aliphatic hydroxyl groups excluding tert-OH is 3. The molecule has 0 bridgehead atoms. The number of nitrogens with two attached hydrogens (primary N) is 1. The Hall–Kier alpha value is -3.22. The van der Waals surface area contributed by atoms with Gasteiger partial charge in [-0.15, -0.1) is 0 Å². The van der Waals surface area contributed by atoms with Crippen LogP contribution in [-0.2, 0) is 15.3 Å². The Kier molecular flexibility index (Phi) is 7.30. The molecule has 0 spiro atoms. The van der Waals surface area contributed by atoms with Crippen molar-refractivity contribution in [2.75, 3.05) is 19.8 Å². The lowest BCUT2D eigenvalue weighted by Crippen LogP contribution is -2.74. The van der Waals surface area contributed by atoms with Gasteiger partial charge in [0.25, 0.3) is 0 Å². The van der Waals surface area contributed by atoms with Crippen molar-refractivity contribution < 1.29 is 39.9 Å². The number of nitrogens with zero attached hydrogens (tertiary/aromatic N) is 1. The number of phenols is 1. The van der Waals surface area contributed by atoms with Crippen LogP contribution in [0.3, 0.4) is 0 Å². The number of aliphatic hydroxyl groups is 4. The van der Waals surface area contributed by atoms with Crippen LogP contribution in [-0.4, -0.2) is 91.6 Å². The minimum atomic E-state index is -2.88. The third kappa shape index (κ3) is 4.07. The van der Waals surface area contributed by atoms with E-state index < -0.39 is 76.3 Å². The number of Topliss-reactive ketones (excluding diaryl/α,β-unsaturated/α-hetero) is 2. The average molecular weight is 569 g/mol. The SMILES string of the molecule is CN(C)[C@@H]1C(O)C(C(N)=O)C(=O)[C@@]2(O)C(O)=C3C(=O)c4c(O)cccc4[C@H](CSCc4ccccc4)[C@H]3[C@H](O)[C@@H]12. The fourth-order valence-electron chi connectivity index (χ4n) is 6.83. The van der Waals surface area contributed by atoms with Crippen LogP contribution in [0.2, 0.25) is 0 Å². The molecule has 3 aliphatic rings. The molecule has 3 aliphatic carbocycles. The van der Waals surface area contributed by atoms with E-state index in [1.165, 1.54) is 36.8 Å². The molecular weight excluding hydrogens is 536 g/mol. The molecule has 2 unspecified atom stereocenters. The van der Waals surface area contributed by atoms with Crippen LogP contribution in [0.5, 0.6) is 5.75 Å². The van der Waals surface area contributed by atoms with E-state index in [0.29, 0.717) is 17.1 Å². The van der Waals surface area contributed by atoms with Crippen molar-refractivity contribution in [2.45, 2.75) is 35.5 Å². The number of likely N-dealkylation sites (N-methyl/N-ethyl adjacent to an activating group) is 1. The molecule has 0 radical (unpaired) electrons. The molecule has 40 heavy (non-hydrogen) atoms. The van der Waals surface area contributed by atoms with Gasteiger partial charge < -0.3 is 36.2 Å². The largest absolute Gasteiger partial charge is 0.508 e. The number of phenolic OH excluding ortho intramolecular Hbond substituents is 1. The van der Waals surface area contributed by atoms with E-state index in [4.69, 9.17) is 5.73 Å². The highest BCUT2D eigenvalue weighted by atomic mass is 32.2. The Labute approximate surface area is 235 Å². The van der Waals surface area contributed by atoms with E-state index in [2.05, 4.69) is 0 Å². The average Bonchev–Trinajstić information content (AvgIpc) is 2.90. The molecule has 0 aliphatic heterocycles. The minimum absolute atomic E-state index is 0.0845. The lowest BCUT2D eigenvalue weighted by molar-refractivity contribution is -0.194. The number of fused-ring (bicyclic) bond motifs is 3. The van der Waals surface area contributed by atoms with Crippen molar-refractivity contribution in [3.8, 4) is 5.75 Å². The molecule has 7 N–H and O–H groups in total. The van der Waals surface area contributed by atoms with Crippen LogP contribution in [0.4, 0.5) is 0 Å². The van der Waals surface area contributed by atoms with Gasteiger partial charge in [0.1, 0.15) is 17.4 Å². The molecule has 1 amide bonds. The normalized spacial score (nSPS) is 33.4. The molecule has 2 aromatic carbocycles. The molecule has 5 rings (SSSR count). The zero-order chi connectivity index (χ0) is 29.1. The second-order valence-corrected chi connectivity index (χ2v) is 12.0. The first kappa shape index (κ1) is 28.3. The third-order valence-electron chi connectivity index (χ3n) is 8.58. The second kappa shape index (κ2) is 10.3. The predicted molar refractivity (Wildman–Crippen MR) is 147 cm³/mol. The lowest BCUT2D eigenvalue weighted by Gasteiger charge is -2.56. The Morgan fingerprint density at radius 2 is 1.70 bits per heavy atom. The molecule has 8 atom stereocenters. The van der Waals surface area contributed by atoms with Gasteiger partial charge in [-0.3, -0.25) is 14.4 Å². The molecular formula is C29H32N2O8S. The van der Waals surface area contributed by atoms with Gasteiger partial charge in [0.2, 0.25) is 5.91 Å². The van der Waals surface area contributed by atoms with Crippen molar-refractivity contribution in [1.29, 1.82) is 0 Å². The van der Waals surface area contributed by atoms with Gasteiger partial charge in [-0.2, -0.15) is 11.8 Å². The predicted octanol–water partition coefficient (Wildman–Crippen LogP) is 0.731. The molecule has 1 saturated carbocycles. The second-order valence-electron chi connectivity index (χ2n) is 10.9. The number of thioether (sulfide) groups is 1. The third-order valence-corrected chi connectivity index (χ3v) is 9.71. The van der Waals surface area contributed by atoms with E-state index >= 15 is 0 Å². The summed E-state index contributed by atoms with van der Waals surface area (Å²) in [7, 11) is 3.08. The van der Waals surface area contributed by atoms with Gasteiger partial charge in [-0.25, -0.2) is 0 Å². The van der Waals surface area contributed by atoms with Crippen molar-refractivity contribution in [3.63, 3.8) is 0 Å². The van der Waals surface area contributed by atoms with Crippen LogP contribution in [0.15, 0.2) is 59.9 Å². The van der Waals surface area contributed by atoms with Crippen LogP contribution in [0.25, 0.3) is 0 Å². The summed E-state index contributed by atoms with van der Waals surface area (Å²) in [6, 6.07) is 13.1.